The molecular weight excluding hydrogens is 371 g/mol. The van der Waals surface area contributed by atoms with Crippen LogP contribution in [0.25, 0.3) is 11.0 Å². The van der Waals surface area contributed by atoms with Crippen molar-refractivity contribution in [2.45, 2.75) is 12.7 Å². The van der Waals surface area contributed by atoms with Gasteiger partial charge in [-0.15, -0.1) is 0 Å². The first kappa shape index (κ1) is 17.9. The molecule has 134 valence electrons. The van der Waals surface area contributed by atoms with Gasteiger partial charge in [-0.2, -0.15) is 13.2 Å². The maximum Gasteiger partial charge on any atom is 0.416 e. The molecule has 0 fully saturated rings. The van der Waals surface area contributed by atoms with Crippen LogP contribution < -0.4 is 10.9 Å². The number of aromatic nitrogens is 2. The summed E-state index contributed by atoms with van der Waals surface area (Å²) >= 11 is 5.86. The Kier molecular flexibility index (Phi) is 4.69. The van der Waals surface area contributed by atoms with Gasteiger partial charge < -0.3 is 5.32 Å². The Morgan fingerprint density at radius 1 is 1.19 bits per heavy atom. The number of nitrogens with one attached hydrogen (secondary N) is 1. The van der Waals surface area contributed by atoms with Crippen molar-refractivity contribution in [3.05, 3.63) is 69.6 Å². The van der Waals surface area contributed by atoms with Crippen LogP contribution >= 0.6 is 11.6 Å². The molecule has 0 radical (unpaired) electrons. The molecule has 1 heterocycles. The fraction of sp³-hybridized carbons (Fsp3) is 0.118. The van der Waals surface area contributed by atoms with Crippen molar-refractivity contribution >= 4 is 34.2 Å². The van der Waals surface area contributed by atoms with E-state index < -0.39 is 29.8 Å². The van der Waals surface area contributed by atoms with Gasteiger partial charge in [0.1, 0.15) is 6.54 Å². The van der Waals surface area contributed by atoms with Gasteiger partial charge in [-0.05, 0) is 30.3 Å². The quantitative estimate of drug-likeness (QED) is 0.752. The molecule has 0 aliphatic carbocycles. The molecule has 26 heavy (non-hydrogen) atoms. The van der Waals surface area contributed by atoms with Crippen molar-refractivity contribution in [2.24, 2.45) is 0 Å². The Hall–Kier alpha value is -2.87. The summed E-state index contributed by atoms with van der Waals surface area (Å²) in [6.45, 7) is -0.394. The molecule has 5 nitrogen and oxygen atoms in total. The van der Waals surface area contributed by atoms with Gasteiger partial charge in [-0.25, -0.2) is 4.98 Å². The van der Waals surface area contributed by atoms with Crippen molar-refractivity contribution in [3.8, 4) is 0 Å². The minimum absolute atomic E-state index is 0.0433. The Labute approximate surface area is 150 Å². The number of benzene rings is 2. The van der Waals surface area contributed by atoms with Gasteiger partial charge in [0.15, 0.2) is 0 Å². The molecule has 3 rings (SSSR count). The lowest BCUT2D eigenvalue weighted by Crippen LogP contribution is -2.28. The molecule has 2 aromatic carbocycles. The second-order valence-electron chi connectivity index (χ2n) is 5.41. The molecule has 0 aliphatic heterocycles. The number of amides is 1. The molecule has 0 spiro atoms. The van der Waals surface area contributed by atoms with E-state index in [2.05, 4.69) is 10.3 Å². The van der Waals surface area contributed by atoms with Crippen LogP contribution in [0.15, 0.2) is 53.5 Å². The topological polar surface area (TPSA) is 64.0 Å². The average molecular weight is 382 g/mol. The van der Waals surface area contributed by atoms with Crippen molar-refractivity contribution < 1.29 is 18.0 Å². The molecule has 0 unspecified atom stereocenters. The lowest BCUT2D eigenvalue weighted by molar-refractivity contribution is -0.137. The summed E-state index contributed by atoms with van der Waals surface area (Å²) in [6, 6.07) is 9.32. The predicted octanol–water partition coefficient (Wildman–Crippen LogP) is 3.71. The molecular formula is C17H11ClF3N3O2. The third-order valence-electron chi connectivity index (χ3n) is 3.62. The van der Waals surface area contributed by atoms with Crippen LogP contribution in [-0.4, -0.2) is 15.5 Å². The third-order valence-corrected chi connectivity index (χ3v) is 3.95. The van der Waals surface area contributed by atoms with E-state index in [1.165, 1.54) is 4.57 Å². The summed E-state index contributed by atoms with van der Waals surface area (Å²) in [5, 5.41) is 2.27. The number of fused-ring (bicyclic) bond motifs is 1. The summed E-state index contributed by atoms with van der Waals surface area (Å²) in [6.07, 6.45) is -3.49. The standard InChI is InChI=1S/C17H11ClF3N3O2/c18-11-6-5-10(17(19,20)21)7-13(11)23-15(25)9-24-14-4-2-1-3-12(14)22-8-16(24)26/h1-8H,9H2,(H,23,25). The number of hydrogen-bond acceptors (Lipinski definition) is 3. The van der Waals surface area contributed by atoms with Crippen LogP contribution in [-0.2, 0) is 17.5 Å². The highest BCUT2D eigenvalue weighted by Crippen LogP contribution is 2.33. The van der Waals surface area contributed by atoms with Gasteiger partial charge in [-0.1, -0.05) is 23.7 Å². The molecule has 1 N–H and O–H groups in total. The number of para-hydroxylation sites is 2. The number of nitrogens with zero attached hydrogens (tertiary/aromatic N) is 2. The summed E-state index contributed by atoms with van der Waals surface area (Å²) in [4.78, 5) is 28.3. The number of carbonyl (C=O) groups excluding carboxylic acids is 1. The van der Waals surface area contributed by atoms with E-state index in [9.17, 15) is 22.8 Å². The Balaban J connectivity index is 1.89. The average Bonchev–Trinajstić information content (AvgIpc) is 2.58. The molecule has 0 saturated heterocycles. The molecule has 0 aliphatic rings. The highest BCUT2D eigenvalue weighted by molar-refractivity contribution is 6.33. The Morgan fingerprint density at radius 2 is 1.92 bits per heavy atom. The maximum absolute atomic E-state index is 12.8. The Bertz CT molecular complexity index is 1050. The van der Waals surface area contributed by atoms with Gasteiger partial charge in [0.25, 0.3) is 5.56 Å². The lowest BCUT2D eigenvalue weighted by atomic mass is 10.2. The smallest absolute Gasteiger partial charge is 0.323 e. The number of halogens is 4. The van der Waals surface area contributed by atoms with E-state index in [4.69, 9.17) is 11.6 Å². The van der Waals surface area contributed by atoms with E-state index in [1.54, 1.807) is 24.3 Å². The first-order chi connectivity index (χ1) is 12.3. The van der Waals surface area contributed by atoms with Gasteiger partial charge in [0.2, 0.25) is 5.91 Å². The zero-order valence-corrected chi connectivity index (χ0v) is 13.8. The molecule has 0 saturated carbocycles. The van der Waals surface area contributed by atoms with Crippen molar-refractivity contribution in [1.82, 2.24) is 9.55 Å². The second-order valence-corrected chi connectivity index (χ2v) is 5.82. The molecule has 3 aromatic rings. The number of rotatable bonds is 3. The SMILES string of the molecule is O=C(Cn1c(=O)cnc2ccccc21)Nc1cc(C(F)(F)F)ccc1Cl. The maximum atomic E-state index is 12.8. The van der Waals surface area contributed by atoms with E-state index in [-0.39, 0.29) is 10.7 Å². The van der Waals surface area contributed by atoms with E-state index in [0.29, 0.717) is 11.0 Å². The fourth-order valence-electron chi connectivity index (χ4n) is 2.41. The van der Waals surface area contributed by atoms with Crippen molar-refractivity contribution in [1.29, 1.82) is 0 Å². The number of anilines is 1. The van der Waals surface area contributed by atoms with Crippen LogP contribution in [0.5, 0.6) is 0 Å². The van der Waals surface area contributed by atoms with Crippen LogP contribution in [0, 0.1) is 0 Å². The molecule has 9 heteroatoms. The zero-order valence-electron chi connectivity index (χ0n) is 13.0. The number of hydrogen-bond donors (Lipinski definition) is 1. The normalized spacial score (nSPS) is 11.5. The summed E-state index contributed by atoms with van der Waals surface area (Å²) in [5.74, 6) is -0.690. The minimum atomic E-state index is -4.57. The minimum Gasteiger partial charge on any atom is -0.323 e. The third kappa shape index (κ3) is 3.70. The molecule has 1 aromatic heterocycles. The van der Waals surface area contributed by atoms with Gasteiger partial charge >= 0.3 is 6.18 Å². The molecule has 0 bridgehead atoms. The first-order valence-electron chi connectivity index (χ1n) is 7.37. The summed E-state index contributed by atoms with van der Waals surface area (Å²) in [7, 11) is 0. The second kappa shape index (κ2) is 6.80. The summed E-state index contributed by atoms with van der Waals surface area (Å²) < 4.78 is 39.6. The summed E-state index contributed by atoms with van der Waals surface area (Å²) in [5.41, 5.74) is -0.682. The van der Waals surface area contributed by atoms with Crippen molar-refractivity contribution in [2.75, 3.05) is 5.32 Å². The first-order valence-corrected chi connectivity index (χ1v) is 7.75. The van der Waals surface area contributed by atoms with Crippen LogP contribution in [0.3, 0.4) is 0 Å². The van der Waals surface area contributed by atoms with Crippen LogP contribution in [0.4, 0.5) is 18.9 Å². The highest BCUT2D eigenvalue weighted by atomic mass is 35.5. The van der Waals surface area contributed by atoms with E-state index in [1.807, 2.05) is 0 Å². The monoisotopic (exact) mass is 381 g/mol. The molecule has 1 amide bonds. The lowest BCUT2D eigenvalue weighted by Gasteiger charge is -2.13. The highest BCUT2D eigenvalue weighted by Gasteiger charge is 2.31. The van der Waals surface area contributed by atoms with Gasteiger partial charge in [-0.3, -0.25) is 14.2 Å². The van der Waals surface area contributed by atoms with E-state index >= 15 is 0 Å². The van der Waals surface area contributed by atoms with Crippen molar-refractivity contribution in [3.63, 3.8) is 0 Å². The number of alkyl halides is 3. The van der Waals surface area contributed by atoms with Gasteiger partial charge in [0, 0.05) is 0 Å². The van der Waals surface area contributed by atoms with E-state index in [0.717, 1.165) is 24.4 Å². The fourth-order valence-corrected chi connectivity index (χ4v) is 2.57. The Morgan fingerprint density at radius 3 is 2.65 bits per heavy atom. The van der Waals surface area contributed by atoms with Gasteiger partial charge in [0.05, 0.1) is 33.5 Å². The zero-order chi connectivity index (χ0) is 18.9. The predicted molar refractivity (Wildman–Crippen MR) is 91.1 cm³/mol. The number of carbonyl (C=O) groups is 1. The van der Waals surface area contributed by atoms with Crippen LogP contribution in [0.2, 0.25) is 5.02 Å². The van der Waals surface area contributed by atoms with Crippen LogP contribution in [0.1, 0.15) is 5.56 Å². The molecule has 0 atom stereocenters. The largest absolute Gasteiger partial charge is 0.416 e.